The first kappa shape index (κ1) is 16.0. The summed E-state index contributed by atoms with van der Waals surface area (Å²) in [6, 6.07) is 4.08. The Labute approximate surface area is 140 Å². The van der Waals surface area contributed by atoms with Crippen molar-refractivity contribution in [3.05, 3.63) is 35.4 Å². The monoisotopic (exact) mass is 336 g/mol. The predicted octanol–water partition coefficient (Wildman–Crippen LogP) is 2.03. The molecule has 3 saturated heterocycles. The average molecular weight is 336 g/mol. The number of hydrogen-bond acceptors (Lipinski definition) is 3. The first-order valence-electron chi connectivity index (χ1n) is 8.66. The molecule has 1 aromatic rings. The molecule has 3 aliphatic rings. The number of ether oxygens (including phenoxy) is 1. The van der Waals surface area contributed by atoms with Gasteiger partial charge in [-0.15, -0.1) is 0 Å². The molecule has 0 unspecified atom stereocenters. The third-order valence-electron chi connectivity index (χ3n) is 5.53. The lowest BCUT2D eigenvalue weighted by Gasteiger charge is -2.24. The zero-order chi connectivity index (χ0) is 16.7. The molecular formula is C18H22F2N2O2. The molecule has 4 rings (SSSR count). The fourth-order valence-corrected chi connectivity index (χ4v) is 4.27. The summed E-state index contributed by atoms with van der Waals surface area (Å²) in [6.45, 7) is 4.68. The zero-order valence-electron chi connectivity index (χ0n) is 13.6. The maximum Gasteiger partial charge on any atom is 0.222 e. The van der Waals surface area contributed by atoms with Gasteiger partial charge in [0.1, 0.15) is 0 Å². The van der Waals surface area contributed by atoms with Gasteiger partial charge in [0.15, 0.2) is 11.6 Å². The number of hydrogen-bond donors (Lipinski definition) is 0. The summed E-state index contributed by atoms with van der Waals surface area (Å²) in [5.41, 5.74) is 0.778. The molecule has 1 amide bonds. The molecule has 0 radical (unpaired) electrons. The second-order valence-corrected chi connectivity index (χ2v) is 7.18. The van der Waals surface area contributed by atoms with E-state index in [4.69, 9.17) is 4.74 Å². The Hall–Kier alpha value is -1.53. The third kappa shape index (κ3) is 3.05. The van der Waals surface area contributed by atoms with Gasteiger partial charge in [0.05, 0.1) is 12.7 Å². The third-order valence-corrected chi connectivity index (χ3v) is 5.53. The lowest BCUT2D eigenvalue weighted by atomic mass is 9.93. The average Bonchev–Trinajstić information content (AvgIpc) is 3.22. The summed E-state index contributed by atoms with van der Waals surface area (Å²) in [4.78, 5) is 16.0. The van der Waals surface area contributed by atoms with Crippen LogP contribution >= 0.6 is 0 Å². The van der Waals surface area contributed by atoms with Crippen molar-refractivity contribution in [2.75, 3.05) is 32.8 Å². The largest absolute Gasteiger partial charge is 0.376 e. The second kappa shape index (κ2) is 6.41. The van der Waals surface area contributed by atoms with E-state index in [1.54, 1.807) is 6.07 Å². The summed E-state index contributed by atoms with van der Waals surface area (Å²) >= 11 is 0. The molecule has 6 heteroatoms. The smallest absolute Gasteiger partial charge is 0.222 e. The van der Waals surface area contributed by atoms with Crippen LogP contribution in [-0.4, -0.2) is 54.6 Å². The number of likely N-dealkylation sites (tertiary alicyclic amines) is 2. The van der Waals surface area contributed by atoms with Crippen LogP contribution in [0.2, 0.25) is 0 Å². The summed E-state index contributed by atoms with van der Waals surface area (Å²) in [5, 5.41) is 0. The van der Waals surface area contributed by atoms with Gasteiger partial charge >= 0.3 is 0 Å². The lowest BCUT2D eigenvalue weighted by Crippen LogP contribution is -2.35. The van der Waals surface area contributed by atoms with Gasteiger partial charge in [-0.3, -0.25) is 9.69 Å². The highest BCUT2D eigenvalue weighted by atomic mass is 19.2. The molecule has 0 aromatic heterocycles. The van der Waals surface area contributed by atoms with Crippen LogP contribution in [0.1, 0.15) is 18.4 Å². The van der Waals surface area contributed by atoms with Gasteiger partial charge < -0.3 is 9.64 Å². The van der Waals surface area contributed by atoms with Crippen molar-refractivity contribution < 1.29 is 18.3 Å². The minimum absolute atomic E-state index is 0.193. The Bertz CT molecular complexity index is 639. The fourth-order valence-electron chi connectivity index (χ4n) is 4.27. The second-order valence-electron chi connectivity index (χ2n) is 7.18. The summed E-state index contributed by atoms with van der Waals surface area (Å²) in [6.07, 6.45) is 1.82. The van der Waals surface area contributed by atoms with Gasteiger partial charge in [-0.1, -0.05) is 6.07 Å². The van der Waals surface area contributed by atoms with E-state index in [0.717, 1.165) is 44.8 Å². The highest BCUT2D eigenvalue weighted by molar-refractivity contribution is 5.78. The van der Waals surface area contributed by atoms with Crippen LogP contribution in [0.5, 0.6) is 0 Å². The molecule has 130 valence electrons. The van der Waals surface area contributed by atoms with E-state index in [1.165, 1.54) is 12.1 Å². The van der Waals surface area contributed by atoms with Crippen LogP contribution in [0.3, 0.4) is 0 Å². The summed E-state index contributed by atoms with van der Waals surface area (Å²) in [7, 11) is 0. The molecule has 0 aliphatic carbocycles. The Morgan fingerprint density at radius 3 is 2.83 bits per heavy atom. The van der Waals surface area contributed by atoms with Gasteiger partial charge in [0, 0.05) is 51.0 Å². The van der Waals surface area contributed by atoms with E-state index in [0.29, 0.717) is 24.8 Å². The molecule has 0 spiro atoms. The number of carbonyl (C=O) groups is 1. The maximum absolute atomic E-state index is 13.4. The van der Waals surface area contributed by atoms with Crippen LogP contribution < -0.4 is 0 Å². The Morgan fingerprint density at radius 1 is 1.21 bits per heavy atom. The topological polar surface area (TPSA) is 32.8 Å². The van der Waals surface area contributed by atoms with E-state index in [1.807, 2.05) is 4.90 Å². The summed E-state index contributed by atoms with van der Waals surface area (Å²) < 4.78 is 32.3. The normalized spacial score (nSPS) is 30.3. The van der Waals surface area contributed by atoms with Gasteiger partial charge in [0.2, 0.25) is 5.91 Å². The van der Waals surface area contributed by atoms with Crippen LogP contribution in [-0.2, 0) is 16.1 Å². The molecule has 0 N–H and O–H groups in total. The van der Waals surface area contributed by atoms with E-state index in [9.17, 15) is 13.6 Å². The van der Waals surface area contributed by atoms with Gasteiger partial charge in [-0.05, 0) is 24.1 Å². The number of halogens is 2. The van der Waals surface area contributed by atoms with E-state index < -0.39 is 11.6 Å². The highest BCUT2D eigenvalue weighted by Crippen LogP contribution is 2.35. The molecule has 3 atom stereocenters. The number of rotatable bonds is 4. The Morgan fingerprint density at radius 2 is 2.08 bits per heavy atom. The van der Waals surface area contributed by atoms with E-state index in [-0.39, 0.29) is 12.0 Å². The minimum atomic E-state index is -0.810. The van der Waals surface area contributed by atoms with Crippen molar-refractivity contribution in [3.63, 3.8) is 0 Å². The number of fused-ring (bicyclic) bond motifs is 1. The predicted molar refractivity (Wildman–Crippen MR) is 84.2 cm³/mol. The van der Waals surface area contributed by atoms with Crippen LogP contribution in [0.15, 0.2) is 18.2 Å². The van der Waals surface area contributed by atoms with Gasteiger partial charge in [-0.25, -0.2) is 8.78 Å². The first-order valence-corrected chi connectivity index (χ1v) is 8.66. The van der Waals surface area contributed by atoms with Crippen molar-refractivity contribution in [1.82, 2.24) is 9.80 Å². The van der Waals surface area contributed by atoms with Crippen molar-refractivity contribution in [2.45, 2.75) is 25.5 Å². The molecule has 3 aliphatic heterocycles. The number of carbonyl (C=O) groups excluding carboxylic acids is 1. The maximum atomic E-state index is 13.4. The SMILES string of the molecule is O=C1CCCN1C[C@@H]1CO[C@H]2CN(Cc3ccc(F)c(F)c3)C[C@@H]12. The van der Waals surface area contributed by atoms with Crippen molar-refractivity contribution in [3.8, 4) is 0 Å². The number of benzene rings is 1. The van der Waals surface area contributed by atoms with Crippen LogP contribution in [0.25, 0.3) is 0 Å². The molecule has 4 nitrogen and oxygen atoms in total. The van der Waals surface area contributed by atoms with Crippen LogP contribution in [0.4, 0.5) is 8.78 Å². The Kier molecular flexibility index (Phi) is 4.26. The first-order chi connectivity index (χ1) is 11.6. The van der Waals surface area contributed by atoms with E-state index >= 15 is 0 Å². The molecule has 24 heavy (non-hydrogen) atoms. The zero-order valence-corrected chi connectivity index (χ0v) is 13.6. The molecule has 3 heterocycles. The van der Waals surface area contributed by atoms with Crippen LogP contribution in [0, 0.1) is 23.5 Å². The lowest BCUT2D eigenvalue weighted by molar-refractivity contribution is -0.128. The van der Waals surface area contributed by atoms with E-state index in [2.05, 4.69) is 4.90 Å². The van der Waals surface area contributed by atoms with Gasteiger partial charge in [0.25, 0.3) is 0 Å². The Balaban J connectivity index is 1.36. The van der Waals surface area contributed by atoms with Crippen molar-refractivity contribution in [2.24, 2.45) is 11.8 Å². The molecule has 0 saturated carbocycles. The highest BCUT2D eigenvalue weighted by Gasteiger charge is 2.44. The summed E-state index contributed by atoms with van der Waals surface area (Å²) in [5.74, 6) is -0.546. The molecule has 3 fully saturated rings. The standard InChI is InChI=1S/C18H22F2N2O2/c19-15-4-3-12(6-16(15)20)7-21-9-14-13(11-24-17(14)10-21)8-22-5-1-2-18(22)23/h3-4,6,13-14,17H,1-2,5,7-11H2/t13-,14+,17+/m1/s1. The number of amides is 1. The van der Waals surface area contributed by atoms with Crippen molar-refractivity contribution >= 4 is 5.91 Å². The fraction of sp³-hybridized carbons (Fsp3) is 0.611. The minimum Gasteiger partial charge on any atom is -0.376 e. The molecular weight excluding hydrogens is 314 g/mol. The van der Waals surface area contributed by atoms with Gasteiger partial charge in [-0.2, -0.15) is 0 Å². The quantitative estimate of drug-likeness (QED) is 0.843. The van der Waals surface area contributed by atoms with Crippen molar-refractivity contribution in [1.29, 1.82) is 0 Å². The molecule has 0 bridgehead atoms. The number of nitrogens with zero attached hydrogens (tertiary/aromatic N) is 2. The molecule has 1 aromatic carbocycles.